The van der Waals surface area contributed by atoms with Crippen LogP contribution in [0.2, 0.25) is 0 Å². The Morgan fingerprint density at radius 2 is 2.00 bits per heavy atom. The zero-order valence-electron chi connectivity index (χ0n) is 12.1. The standard InChI is InChI=1S/C16H18F2N2O2/c17-13-5-1-10(7-14(13)18)2-6-16(22)20-11-3-4-12(20)9-19-15(21)8-11/h1,5,7,11-12H,2-4,6,8-9H2,(H,19,21)/t11-,12+/m1/s1. The predicted molar refractivity (Wildman–Crippen MR) is 76.0 cm³/mol. The molecule has 0 unspecified atom stereocenters. The zero-order chi connectivity index (χ0) is 15.7. The summed E-state index contributed by atoms with van der Waals surface area (Å²) in [6.45, 7) is 0.506. The maximum atomic E-state index is 13.2. The van der Waals surface area contributed by atoms with E-state index in [1.807, 2.05) is 4.90 Å². The highest BCUT2D eigenvalue weighted by atomic mass is 19.2. The molecule has 6 heteroatoms. The van der Waals surface area contributed by atoms with Crippen molar-refractivity contribution in [2.24, 2.45) is 0 Å². The fourth-order valence-electron chi connectivity index (χ4n) is 3.36. The summed E-state index contributed by atoms with van der Waals surface area (Å²) in [7, 11) is 0. The van der Waals surface area contributed by atoms with Crippen LogP contribution in [0.15, 0.2) is 18.2 Å². The van der Waals surface area contributed by atoms with Crippen LogP contribution in [0.25, 0.3) is 0 Å². The molecule has 1 aromatic carbocycles. The number of hydrogen-bond donors (Lipinski definition) is 1. The van der Waals surface area contributed by atoms with Crippen LogP contribution in [-0.4, -0.2) is 35.3 Å². The lowest BCUT2D eigenvalue weighted by atomic mass is 10.1. The van der Waals surface area contributed by atoms with E-state index in [2.05, 4.69) is 5.32 Å². The predicted octanol–water partition coefficient (Wildman–Crippen LogP) is 1.78. The molecule has 1 aromatic rings. The average molecular weight is 308 g/mol. The van der Waals surface area contributed by atoms with Crippen LogP contribution in [0.5, 0.6) is 0 Å². The van der Waals surface area contributed by atoms with Gasteiger partial charge < -0.3 is 10.2 Å². The van der Waals surface area contributed by atoms with E-state index in [1.165, 1.54) is 6.07 Å². The molecule has 4 nitrogen and oxygen atoms in total. The molecule has 2 heterocycles. The molecule has 0 aromatic heterocycles. The minimum Gasteiger partial charge on any atom is -0.354 e. The van der Waals surface area contributed by atoms with Gasteiger partial charge in [-0.1, -0.05) is 6.07 Å². The Hall–Kier alpha value is -1.98. The van der Waals surface area contributed by atoms with Gasteiger partial charge in [0.1, 0.15) is 0 Å². The molecule has 2 aliphatic rings. The maximum Gasteiger partial charge on any atom is 0.223 e. The van der Waals surface area contributed by atoms with Gasteiger partial charge >= 0.3 is 0 Å². The third-order valence-electron chi connectivity index (χ3n) is 4.48. The molecule has 0 spiro atoms. The van der Waals surface area contributed by atoms with Crippen molar-refractivity contribution in [3.63, 3.8) is 0 Å². The summed E-state index contributed by atoms with van der Waals surface area (Å²) in [5, 5.41) is 2.82. The fraction of sp³-hybridized carbons (Fsp3) is 0.500. The fourth-order valence-corrected chi connectivity index (χ4v) is 3.36. The smallest absolute Gasteiger partial charge is 0.223 e. The van der Waals surface area contributed by atoms with Gasteiger partial charge in [0.25, 0.3) is 0 Å². The number of hydrogen-bond acceptors (Lipinski definition) is 2. The highest BCUT2D eigenvalue weighted by Crippen LogP contribution is 2.29. The highest BCUT2D eigenvalue weighted by Gasteiger charge is 2.39. The van der Waals surface area contributed by atoms with Gasteiger partial charge in [0.15, 0.2) is 11.6 Å². The number of rotatable bonds is 3. The SMILES string of the molecule is O=C1C[C@H]2CC[C@@H](CN1)N2C(=O)CCc1ccc(F)c(F)c1. The molecular formula is C16H18F2N2O2. The van der Waals surface area contributed by atoms with E-state index < -0.39 is 11.6 Å². The Kier molecular flexibility index (Phi) is 4.09. The lowest BCUT2D eigenvalue weighted by Gasteiger charge is -2.27. The summed E-state index contributed by atoms with van der Waals surface area (Å²) in [5.41, 5.74) is 0.601. The molecule has 2 saturated heterocycles. The van der Waals surface area contributed by atoms with Crippen molar-refractivity contribution in [3.8, 4) is 0 Å². The zero-order valence-corrected chi connectivity index (χ0v) is 12.1. The number of nitrogens with zero attached hydrogens (tertiary/aromatic N) is 1. The molecule has 22 heavy (non-hydrogen) atoms. The molecule has 2 bridgehead atoms. The highest BCUT2D eigenvalue weighted by molar-refractivity contribution is 5.81. The number of aryl methyl sites for hydroxylation is 1. The normalized spacial score (nSPS) is 24.1. The van der Waals surface area contributed by atoms with E-state index in [4.69, 9.17) is 0 Å². The van der Waals surface area contributed by atoms with Crippen LogP contribution in [0, 0.1) is 11.6 Å². The number of fused-ring (bicyclic) bond motifs is 2. The molecule has 2 atom stereocenters. The molecule has 2 amide bonds. The van der Waals surface area contributed by atoms with Crippen LogP contribution in [0.4, 0.5) is 8.78 Å². The monoisotopic (exact) mass is 308 g/mol. The van der Waals surface area contributed by atoms with Crippen LogP contribution in [-0.2, 0) is 16.0 Å². The van der Waals surface area contributed by atoms with Crippen molar-refractivity contribution >= 4 is 11.8 Å². The first-order valence-corrected chi connectivity index (χ1v) is 7.56. The number of halogens is 2. The van der Waals surface area contributed by atoms with Gasteiger partial charge in [-0.15, -0.1) is 0 Å². The molecule has 3 rings (SSSR count). The quantitative estimate of drug-likeness (QED) is 0.925. The Labute approximate surface area is 127 Å². The van der Waals surface area contributed by atoms with Crippen LogP contribution in [0.3, 0.4) is 0 Å². The van der Waals surface area contributed by atoms with E-state index in [0.29, 0.717) is 24.9 Å². The van der Waals surface area contributed by atoms with E-state index in [1.54, 1.807) is 0 Å². The molecule has 2 fully saturated rings. The summed E-state index contributed by atoms with van der Waals surface area (Å²) in [5.74, 6) is -1.81. The largest absolute Gasteiger partial charge is 0.354 e. The number of amides is 2. The van der Waals surface area contributed by atoms with Crippen molar-refractivity contribution in [1.82, 2.24) is 10.2 Å². The van der Waals surface area contributed by atoms with E-state index >= 15 is 0 Å². The first-order valence-electron chi connectivity index (χ1n) is 7.56. The molecule has 2 aliphatic heterocycles. The molecule has 0 saturated carbocycles. The molecule has 118 valence electrons. The summed E-state index contributed by atoms with van der Waals surface area (Å²) in [6, 6.07) is 3.74. The number of carbonyl (C=O) groups excluding carboxylic acids is 2. The van der Waals surface area contributed by atoms with Gasteiger partial charge in [0.05, 0.1) is 0 Å². The Balaban J connectivity index is 1.64. The number of benzene rings is 1. The summed E-state index contributed by atoms with van der Waals surface area (Å²) in [4.78, 5) is 25.8. The molecule has 0 aliphatic carbocycles. The lowest BCUT2D eigenvalue weighted by molar-refractivity contribution is -0.133. The van der Waals surface area contributed by atoms with Gasteiger partial charge in [0, 0.05) is 31.5 Å². The van der Waals surface area contributed by atoms with Gasteiger partial charge in [-0.25, -0.2) is 8.78 Å². The summed E-state index contributed by atoms with van der Waals surface area (Å²) < 4.78 is 26.1. The second-order valence-corrected chi connectivity index (χ2v) is 5.94. The van der Waals surface area contributed by atoms with E-state index in [-0.39, 0.29) is 30.3 Å². The third-order valence-corrected chi connectivity index (χ3v) is 4.48. The van der Waals surface area contributed by atoms with E-state index in [0.717, 1.165) is 25.0 Å². The van der Waals surface area contributed by atoms with Crippen LogP contribution in [0.1, 0.15) is 31.2 Å². The Bertz CT molecular complexity index is 606. The van der Waals surface area contributed by atoms with Gasteiger partial charge in [-0.3, -0.25) is 9.59 Å². The molecule has 0 radical (unpaired) electrons. The Morgan fingerprint density at radius 1 is 1.23 bits per heavy atom. The van der Waals surface area contributed by atoms with Crippen LogP contribution >= 0.6 is 0 Å². The second kappa shape index (κ2) is 6.02. The topological polar surface area (TPSA) is 49.4 Å². The van der Waals surface area contributed by atoms with Crippen molar-refractivity contribution in [1.29, 1.82) is 0 Å². The van der Waals surface area contributed by atoms with Crippen molar-refractivity contribution in [3.05, 3.63) is 35.4 Å². The van der Waals surface area contributed by atoms with Crippen LogP contribution < -0.4 is 5.32 Å². The van der Waals surface area contributed by atoms with Crippen molar-refractivity contribution in [2.75, 3.05) is 6.54 Å². The summed E-state index contributed by atoms with van der Waals surface area (Å²) in [6.07, 6.45) is 2.73. The molecule has 1 N–H and O–H groups in total. The average Bonchev–Trinajstić information content (AvgIpc) is 2.79. The summed E-state index contributed by atoms with van der Waals surface area (Å²) >= 11 is 0. The van der Waals surface area contributed by atoms with Gasteiger partial charge in [-0.2, -0.15) is 0 Å². The first kappa shape index (κ1) is 14.9. The minimum absolute atomic E-state index is 0.00870. The molecular weight excluding hydrogens is 290 g/mol. The van der Waals surface area contributed by atoms with E-state index in [9.17, 15) is 18.4 Å². The van der Waals surface area contributed by atoms with Gasteiger partial charge in [0.2, 0.25) is 11.8 Å². The second-order valence-electron chi connectivity index (χ2n) is 5.94. The Morgan fingerprint density at radius 3 is 2.77 bits per heavy atom. The van der Waals surface area contributed by atoms with Gasteiger partial charge in [-0.05, 0) is 37.0 Å². The number of nitrogens with one attached hydrogen (secondary N) is 1. The van der Waals surface area contributed by atoms with Crippen molar-refractivity contribution in [2.45, 2.75) is 44.2 Å². The third kappa shape index (κ3) is 2.96. The van der Waals surface area contributed by atoms with Crippen molar-refractivity contribution < 1.29 is 18.4 Å². The first-order chi connectivity index (χ1) is 10.5. The lowest BCUT2D eigenvalue weighted by Crippen LogP contribution is -2.42. The number of carbonyl (C=O) groups is 2. The maximum absolute atomic E-state index is 13.2. The minimum atomic E-state index is -0.894.